The molecule has 3 aromatic carbocycles. The minimum atomic E-state index is -0.552. The van der Waals surface area contributed by atoms with Gasteiger partial charge in [0.25, 0.3) is 11.5 Å². The fraction of sp³-hybridized carbons (Fsp3) is 0.222. The van der Waals surface area contributed by atoms with Gasteiger partial charge in [-0.25, -0.2) is 4.98 Å². The van der Waals surface area contributed by atoms with Gasteiger partial charge in [-0.15, -0.1) is 0 Å². The zero-order valence-corrected chi connectivity index (χ0v) is 21.0. The first-order valence-electron chi connectivity index (χ1n) is 11.2. The number of carbonyl (C=O) groups excluding carboxylic acids is 1. The van der Waals surface area contributed by atoms with Gasteiger partial charge in [-0.1, -0.05) is 65.7 Å². The molecule has 8 heteroatoms. The Hall–Kier alpha value is -3.19. The molecule has 0 aliphatic rings. The standard InChI is InChI=1S/C27H25Cl2N3O3/c1-18(25-30-24-11-7-6-10-22(24)27(34)31(25)14-15-35-2)32(17-19-8-4-3-5-9-19)26(33)21-13-12-20(28)16-23(21)29/h3-13,16,18H,14-15,17H2,1-2H3. The summed E-state index contributed by atoms with van der Waals surface area (Å²) in [6.45, 7) is 2.80. The van der Waals surface area contributed by atoms with Crippen LogP contribution in [0, 0.1) is 0 Å². The molecule has 1 aromatic heterocycles. The van der Waals surface area contributed by atoms with Crippen molar-refractivity contribution in [3.8, 4) is 0 Å². The summed E-state index contributed by atoms with van der Waals surface area (Å²) >= 11 is 12.5. The van der Waals surface area contributed by atoms with E-state index in [4.69, 9.17) is 32.9 Å². The highest BCUT2D eigenvalue weighted by Crippen LogP contribution is 2.28. The molecular weight excluding hydrogens is 485 g/mol. The molecule has 0 bridgehead atoms. The van der Waals surface area contributed by atoms with Gasteiger partial charge in [0.05, 0.1) is 40.7 Å². The zero-order valence-electron chi connectivity index (χ0n) is 19.4. The van der Waals surface area contributed by atoms with E-state index in [1.807, 2.05) is 49.4 Å². The van der Waals surface area contributed by atoms with Gasteiger partial charge in [-0.05, 0) is 42.8 Å². The molecule has 0 radical (unpaired) electrons. The van der Waals surface area contributed by atoms with E-state index in [-0.39, 0.29) is 16.5 Å². The number of nitrogens with zero attached hydrogens (tertiary/aromatic N) is 3. The van der Waals surface area contributed by atoms with Crippen molar-refractivity contribution in [2.45, 2.75) is 26.1 Å². The fourth-order valence-corrected chi connectivity index (χ4v) is 4.51. The van der Waals surface area contributed by atoms with Crippen LogP contribution in [0.4, 0.5) is 0 Å². The lowest BCUT2D eigenvalue weighted by atomic mass is 10.1. The van der Waals surface area contributed by atoms with Crippen molar-refractivity contribution in [3.05, 3.63) is 110 Å². The van der Waals surface area contributed by atoms with Crippen molar-refractivity contribution < 1.29 is 9.53 Å². The lowest BCUT2D eigenvalue weighted by Crippen LogP contribution is -2.38. The van der Waals surface area contributed by atoms with Crippen molar-refractivity contribution in [1.29, 1.82) is 0 Å². The van der Waals surface area contributed by atoms with Gasteiger partial charge in [-0.3, -0.25) is 14.2 Å². The SMILES string of the molecule is COCCn1c(C(C)N(Cc2ccccc2)C(=O)c2ccc(Cl)cc2Cl)nc2ccccc2c1=O. The lowest BCUT2D eigenvalue weighted by molar-refractivity contribution is 0.0660. The average molecular weight is 510 g/mol. The van der Waals surface area contributed by atoms with E-state index in [0.29, 0.717) is 47.0 Å². The van der Waals surface area contributed by atoms with Gasteiger partial charge in [0.2, 0.25) is 0 Å². The molecular formula is C27H25Cl2N3O3. The predicted molar refractivity (Wildman–Crippen MR) is 139 cm³/mol. The highest BCUT2D eigenvalue weighted by molar-refractivity contribution is 6.36. The van der Waals surface area contributed by atoms with Crippen molar-refractivity contribution in [3.63, 3.8) is 0 Å². The molecule has 35 heavy (non-hydrogen) atoms. The molecule has 180 valence electrons. The molecule has 0 aliphatic carbocycles. The number of para-hydroxylation sites is 1. The van der Waals surface area contributed by atoms with Crippen LogP contribution in [-0.2, 0) is 17.8 Å². The third-order valence-electron chi connectivity index (χ3n) is 5.87. The molecule has 6 nitrogen and oxygen atoms in total. The summed E-state index contributed by atoms with van der Waals surface area (Å²) in [6.07, 6.45) is 0. The highest BCUT2D eigenvalue weighted by Gasteiger charge is 2.28. The molecule has 0 aliphatic heterocycles. The van der Waals surface area contributed by atoms with Crippen molar-refractivity contribution in [1.82, 2.24) is 14.5 Å². The van der Waals surface area contributed by atoms with Crippen LogP contribution in [0.3, 0.4) is 0 Å². The second-order valence-corrected chi connectivity index (χ2v) is 9.00. The first-order chi connectivity index (χ1) is 16.9. The summed E-state index contributed by atoms with van der Waals surface area (Å²) in [7, 11) is 1.58. The van der Waals surface area contributed by atoms with Crippen LogP contribution in [0.5, 0.6) is 0 Å². The second kappa shape index (κ2) is 11.0. The van der Waals surface area contributed by atoms with E-state index < -0.39 is 6.04 Å². The average Bonchev–Trinajstić information content (AvgIpc) is 2.86. The summed E-state index contributed by atoms with van der Waals surface area (Å²) in [5.74, 6) is 0.184. The number of amides is 1. The Kier molecular flexibility index (Phi) is 7.86. The number of aromatic nitrogens is 2. The van der Waals surface area contributed by atoms with Crippen LogP contribution in [0.25, 0.3) is 10.9 Å². The third kappa shape index (κ3) is 5.40. The number of halogens is 2. The number of hydrogen-bond donors (Lipinski definition) is 0. The Morgan fingerprint density at radius 1 is 1.06 bits per heavy atom. The highest BCUT2D eigenvalue weighted by atomic mass is 35.5. The molecule has 4 aromatic rings. The van der Waals surface area contributed by atoms with Crippen LogP contribution >= 0.6 is 23.2 Å². The Bertz CT molecular complexity index is 1410. The quantitative estimate of drug-likeness (QED) is 0.303. The molecule has 1 amide bonds. The van der Waals surface area contributed by atoms with Crippen molar-refractivity contribution in [2.24, 2.45) is 0 Å². The lowest BCUT2D eigenvalue weighted by Gasteiger charge is -2.31. The van der Waals surface area contributed by atoms with Crippen LogP contribution in [0.2, 0.25) is 10.0 Å². The predicted octanol–water partition coefficient (Wildman–Crippen LogP) is 5.75. The van der Waals surface area contributed by atoms with E-state index in [9.17, 15) is 9.59 Å². The maximum Gasteiger partial charge on any atom is 0.261 e. The summed E-state index contributed by atoms with van der Waals surface area (Å²) < 4.78 is 6.84. The summed E-state index contributed by atoms with van der Waals surface area (Å²) in [5.41, 5.74) is 1.66. The van der Waals surface area contributed by atoms with Crippen molar-refractivity contribution >= 4 is 40.0 Å². The smallest absolute Gasteiger partial charge is 0.261 e. The van der Waals surface area contributed by atoms with Gasteiger partial charge in [0.1, 0.15) is 5.82 Å². The molecule has 0 N–H and O–H groups in total. The molecule has 1 atom stereocenters. The van der Waals surface area contributed by atoms with E-state index in [0.717, 1.165) is 5.56 Å². The maximum absolute atomic E-state index is 13.8. The summed E-state index contributed by atoms with van der Waals surface area (Å²) in [6, 6.07) is 21.1. The molecule has 1 unspecified atom stereocenters. The minimum Gasteiger partial charge on any atom is -0.383 e. The minimum absolute atomic E-state index is 0.175. The third-order valence-corrected chi connectivity index (χ3v) is 6.42. The normalized spacial score (nSPS) is 12.0. The number of fused-ring (bicyclic) bond motifs is 1. The summed E-state index contributed by atoms with van der Waals surface area (Å²) in [5, 5.41) is 1.22. The van der Waals surface area contributed by atoms with E-state index in [1.165, 1.54) is 0 Å². The number of methoxy groups -OCH3 is 1. The Labute approximate surface area is 213 Å². The van der Waals surface area contributed by atoms with Crippen LogP contribution in [0.15, 0.2) is 77.6 Å². The largest absolute Gasteiger partial charge is 0.383 e. The van der Waals surface area contributed by atoms with E-state index in [1.54, 1.807) is 46.9 Å². The number of hydrogen-bond acceptors (Lipinski definition) is 4. The van der Waals surface area contributed by atoms with Gasteiger partial charge in [0.15, 0.2) is 0 Å². The van der Waals surface area contributed by atoms with E-state index >= 15 is 0 Å². The molecule has 0 saturated heterocycles. The van der Waals surface area contributed by atoms with E-state index in [2.05, 4.69) is 0 Å². The number of carbonyl (C=O) groups is 1. The Morgan fingerprint density at radius 2 is 1.77 bits per heavy atom. The van der Waals surface area contributed by atoms with Gasteiger partial charge < -0.3 is 9.64 Å². The fourth-order valence-electron chi connectivity index (χ4n) is 4.02. The van der Waals surface area contributed by atoms with Gasteiger partial charge in [0, 0.05) is 18.7 Å². The maximum atomic E-state index is 13.8. The number of ether oxygens (including phenoxy) is 1. The zero-order chi connectivity index (χ0) is 24.9. The monoisotopic (exact) mass is 509 g/mol. The molecule has 0 fully saturated rings. The van der Waals surface area contributed by atoms with Crippen LogP contribution in [0.1, 0.15) is 34.7 Å². The van der Waals surface area contributed by atoms with Crippen LogP contribution in [-0.4, -0.2) is 34.1 Å². The topological polar surface area (TPSA) is 64.4 Å². The molecule has 0 spiro atoms. The van der Waals surface area contributed by atoms with Gasteiger partial charge in [-0.2, -0.15) is 0 Å². The Morgan fingerprint density at radius 3 is 2.49 bits per heavy atom. The molecule has 4 rings (SSSR count). The number of benzene rings is 3. The first-order valence-corrected chi connectivity index (χ1v) is 11.9. The molecule has 1 heterocycles. The second-order valence-electron chi connectivity index (χ2n) is 8.16. The number of rotatable bonds is 8. The Balaban J connectivity index is 1.85. The van der Waals surface area contributed by atoms with Crippen LogP contribution < -0.4 is 5.56 Å². The summed E-state index contributed by atoms with van der Waals surface area (Å²) in [4.78, 5) is 33.7. The first kappa shape index (κ1) is 24.9. The van der Waals surface area contributed by atoms with Gasteiger partial charge >= 0.3 is 0 Å². The molecule has 0 saturated carbocycles. The van der Waals surface area contributed by atoms with Crippen molar-refractivity contribution in [2.75, 3.05) is 13.7 Å².